The van der Waals surface area contributed by atoms with Crippen LogP contribution in [0.15, 0.2) is 52.9 Å². The highest BCUT2D eigenvalue weighted by Gasteiger charge is 2.36. The molecule has 0 N–H and O–H groups in total. The summed E-state index contributed by atoms with van der Waals surface area (Å²) < 4.78 is 0.913. The Labute approximate surface area is 166 Å². The zero-order valence-corrected chi connectivity index (χ0v) is 16.6. The van der Waals surface area contributed by atoms with Gasteiger partial charge in [-0.3, -0.25) is 9.69 Å². The van der Waals surface area contributed by atoms with Crippen molar-refractivity contribution in [1.29, 1.82) is 0 Å². The average Bonchev–Trinajstić information content (AvgIpc) is 3.35. The van der Waals surface area contributed by atoms with Crippen molar-refractivity contribution in [3.8, 4) is 11.1 Å². The molecular weight excluding hydrogens is 374 g/mol. The fourth-order valence-electron chi connectivity index (χ4n) is 3.65. The quantitative estimate of drug-likeness (QED) is 0.552. The summed E-state index contributed by atoms with van der Waals surface area (Å²) in [5, 5.41) is 9.72. The molecule has 1 saturated carbocycles. The minimum Gasteiger partial charge on any atom is -0.284 e. The van der Waals surface area contributed by atoms with E-state index in [1.54, 1.807) is 11.8 Å². The SMILES string of the molecule is CCC(=O)N(c1nnc(SC2c3ccccc3-c3ccccc32)s1)C1CC1. The molecule has 4 nitrogen and oxygen atoms in total. The van der Waals surface area contributed by atoms with Gasteiger partial charge in [-0.25, -0.2) is 0 Å². The number of aromatic nitrogens is 2. The molecule has 27 heavy (non-hydrogen) atoms. The molecule has 1 amide bonds. The van der Waals surface area contributed by atoms with Crippen LogP contribution in [0, 0.1) is 0 Å². The molecule has 0 radical (unpaired) electrons. The van der Waals surface area contributed by atoms with E-state index in [0.717, 1.165) is 22.3 Å². The molecule has 1 fully saturated rings. The number of anilines is 1. The van der Waals surface area contributed by atoms with Gasteiger partial charge in [0.1, 0.15) is 0 Å². The molecule has 0 aliphatic heterocycles. The number of nitrogens with zero attached hydrogens (tertiary/aromatic N) is 3. The van der Waals surface area contributed by atoms with Gasteiger partial charge in [0.05, 0.1) is 5.25 Å². The van der Waals surface area contributed by atoms with Crippen LogP contribution in [0.1, 0.15) is 42.6 Å². The highest BCUT2D eigenvalue weighted by atomic mass is 32.2. The van der Waals surface area contributed by atoms with Gasteiger partial charge in [0.2, 0.25) is 11.0 Å². The van der Waals surface area contributed by atoms with Crippen molar-refractivity contribution in [3.63, 3.8) is 0 Å². The number of hydrogen-bond acceptors (Lipinski definition) is 5. The van der Waals surface area contributed by atoms with E-state index >= 15 is 0 Å². The summed E-state index contributed by atoms with van der Waals surface area (Å²) in [6, 6.07) is 17.5. The van der Waals surface area contributed by atoms with E-state index in [1.807, 2.05) is 11.8 Å². The van der Waals surface area contributed by atoms with E-state index in [9.17, 15) is 4.79 Å². The highest BCUT2D eigenvalue weighted by molar-refractivity contribution is 8.01. The summed E-state index contributed by atoms with van der Waals surface area (Å²) in [5.74, 6) is 0.141. The second-order valence-electron chi connectivity index (χ2n) is 6.87. The van der Waals surface area contributed by atoms with Gasteiger partial charge >= 0.3 is 0 Å². The maximum atomic E-state index is 12.3. The molecular formula is C21H19N3OS2. The number of fused-ring (bicyclic) bond motifs is 3. The average molecular weight is 394 g/mol. The first-order chi connectivity index (χ1) is 13.3. The Balaban J connectivity index is 1.46. The summed E-state index contributed by atoms with van der Waals surface area (Å²) in [4.78, 5) is 14.2. The second kappa shape index (κ2) is 6.77. The Hall–Kier alpha value is -2.18. The van der Waals surface area contributed by atoms with E-state index < -0.39 is 0 Å². The third kappa shape index (κ3) is 2.97. The topological polar surface area (TPSA) is 46.1 Å². The monoisotopic (exact) mass is 393 g/mol. The van der Waals surface area contributed by atoms with Gasteiger partial charge < -0.3 is 0 Å². The van der Waals surface area contributed by atoms with Crippen LogP contribution in [0.3, 0.4) is 0 Å². The van der Waals surface area contributed by atoms with Crippen molar-refractivity contribution in [1.82, 2.24) is 10.2 Å². The Morgan fingerprint density at radius 2 is 1.70 bits per heavy atom. The van der Waals surface area contributed by atoms with Crippen molar-refractivity contribution < 1.29 is 4.79 Å². The van der Waals surface area contributed by atoms with Gasteiger partial charge in [0, 0.05) is 12.5 Å². The zero-order valence-electron chi connectivity index (χ0n) is 15.0. The Bertz CT molecular complexity index is 966. The van der Waals surface area contributed by atoms with Crippen LogP contribution in [0.4, 0.5) is 5.13 Å². The summed E-state index contributed by atoms with van der Waals surface area (Å²) in [5.41, 5.74) is 5.25. The fourth-order valence-corrected chi connectivity index (χ4v) is 5.98. The standard InChI is InChI=1S/C21H19N3OS2/c1-2-18(25)24(13-11-12-13)20-22-23-21(27-20)26-19-16-9-5-3-7-14(16)15-8-4-6-10-17(15)19/h3-10,13,19H,2,11-12H2,1H3. The van der Waals surface area contributed by atoms with Crippen LogP contribution in [0.25, 0.3) is 11.1 Å². The van der Waals surface area contributed by atoms with Crippen molar-refractivity contribution in [3.05, 3.63) is 59.7 Å². The first-order valence-corrected chi connectivity index (χ1v) is 11.0. The van der Waals surface area contributed by atoms with Crippen molar-refractivity contribution in [2.45, 2.75) is 41.8 Å². The van der Waals surface area contributed by atoms with Gasteiger partial charge in [-0.1, -0.05) is 78.6 Å². The van der Waals surface area contributed by atoms with Crippen molar-refractivity contribution in [2.24, 2.45) is 0 Å². The number of benzene rings is 2. The second-order valence-corrected chi connectivity index (χ2v) is 9.18. The lowest BCUT2D eigenvalue weighted by molar-refractivity contribution is -0.118. The first-order valence-electron chi connectivity index (χ1n) is 9.26. The van der Waals surface area contributed by atoms with Crippen LogP contribution in [-0.4, -0.2) is 22.1 Å². The van der Waals surface area contributed by atoms with Gasteiger partial charge in [-0.2, -0.15) is 0 Å². The lowest BCUT2D eigenvalue weighted by Gasteiger charge is -2.17. The Morgan fingerprint density at radius 1 is 1.07 bits per heavy atom. The molecule has 0 atom stereocenters. The van der Waals surface area contributed by atoms with Crippen molar-refractivity contribution >= 4 is 34.1 Å². The van der Waals surface area contributed by atoms with Crippen LogP contribution in [0.5, 0.6) is 0 Å². The Kier molecular flexibility index (Phi) is 4.25. The van der Waals surface area contributed by atoms with E-state index in [4.69, 9.17) is 0 Å². The lowest BCUT2D eigenvalue weighted by atomic mass is 10.1. The smallest absolute Gasteiger partial charge is 0.228 e. The summed E-state index contributed by atoms with van der Waals surface area (Å²) in [6.07, 6.45) is 2.64. The number of carbonyl (C=O) groups is 1. The molecule has 3 aromatic rings. The molecule has 2 aromatic carbocycles. The lowest BCUT2D eigenvalue weighted by Crippen LogP contribution is -2.32. The largest absolute Gasteiger partial charge is 0.284 e. The predicted octanol–water partition coefficient (Wildman–Crippen LogP) is 5.31. The maximum Gasteiger partial charge on any atom is 0.228 e. The third-order valence-corrected chi connectivity index (χ3v) is 7.36. The molecule has 6 heteroatoms. The van der Waals surface area contributed by atoms with Gasteiger partial charge in [-0.15, -0.1) is 10.2 Å². The molecule has 1 aromatic heterocycles. The number of thioether (sulfide) groups is 1. The normalized spacial score (nSPS) is 15.4. The van der Waals surface area contributed by atoms with Gasteiger partial charge in [-0.05, 0) is 35.1 Å². The molecule has 2 aliphatic carbocycles. The minimum atomic E-state index is 0.141. The van der Waals surface area contributed by atoms with E-state index in [-0.39, 0.29) is 11.2 Å². The van der Waals surface area contributed by atoms with E-state index in [2.05, 4.69) is 58.7 Å². The number of rotatable bonds is 5. The Morgan fingerprint density at radius 3 is 2.30 bits per heavy atom. The predicted molar refractivity (Wildman–Crippen MR) is 110 cm³/mol. The fraction of sp³-hybridized carbons (Fsp3) is 0.286. The van der Waals surface area contributed by atoms with E-state index in [0.29, 0.717) is 12.5 Å². The molecule has 0 spiro atoms. The van der Waals surface area contributed by atoms with Gasteiger partial charge in [0.15, 0.2) is 4.34 Å². The van der Waals surface area contributed by atoms with Crippen LogP contribution >= 0.6 is 23.1 Å². The molecule has 0 saturated heterocycles. The van der Waals surface area contributed by atoms with Crippen LogP contribution in [0.2, 0.25) is 0 Å². The summed E-state index contributed by atoms with van der Waals surface area (Å²) >= 11 is 3.27. The van der Waals surface area contributed by atoms with E-state index in [1.165, 1.54) is 33.6 Å². The first kappa shape index (κ1) is 17.0. The number of amides is 1. The molecule has 0 unspecified atom stereocenters. The maximum absolute atomic E-state index is 12.3. The number of carbonyl (C=O) groups excluding carboxylic acids is 1. The minimum absolute atomic E-state index is 0.141. The summed E-state index contributed by atoms with van der Waals surface area (Å²) in [7, 11) is 0. The van der Waals surface area contributed by atoms with Crippen molar-refractivity contribution in [2.75, 3.05) is 4.90 Å². The zero-order chi connectivity index (χ0) is 18.4. The number of hydrogen-bond donors (Lipinski definition) is 0. The van der Waals surface area contributed by atoms with Gasteiger partial charge in [0.25, 0.3) is 0 Å². The third-order valence-electron chi connectivity index (χ3n) is 5.08. The van der Waals surface area contributed by atoms with Crippen LogP contribution in [-0.2, 0) is 4.79 Å². The molecule has 5 rings (SSSR count). The molecule has 136 valence electrons. The molecule has 1 heterocycles. The molecule has 0 bridgehead atoms. The highest BCUT2D eigenvalue weighted by Crippen LogP contribution is 2.53. The summed E-state index contributed by atoms with van der Waals surface area (Å²) in [6.45, 7) is 1.90. The van der Waals surface area contributed by atoms with Crippen LogP contribution < -0.4 is 4.90 Å². The molecule has 2 aliphatic rings.